The molecule has 0 aromatic heterocycles. The van der Waals surface area contributed by atoms with Crippen LogP contribution in [0, 0.1) is 0 Å². The molecule has 6 heavy (non-hydrogen) atoms. The lowest BCUT2D eigenvalue weighted by atomic mass is 10.9. The van der Waals surface area contributed by atoms with Gasteiger partial charge in [-0.05, 0) is 0 Å². The quantitative estimate of drug-likeness (QED) is 0.299. The second kappa shape index (κ2) is 5.27. The summed E-state index contributed by atoms with van der Waals surface area (Å²) in [6, 6.07) is 0. The van der Waals surface area contributed by atoms with Gasteiger partial charge in [0, 0.05) is 5.75 Å². The van der Waals surface area contributed by atoms with Crippen molar-refractivity contribution in [3.8, 4) is 0 Å². The lowest BCUT2D eigenvalue weighted by molar-refractivity contribution is 0.158. The minimum absolute atomic E-state index is 0.306. The third-order valence-electron chi connectivity index (χ3n) is 0.353. The molecule has 0 unspecified atom stereocenters. The van der Waals surface area contributed by atoms with Gasteiger partial charge in [-0.15, -0.1) is 0 Å². The van der Waals surface area contributed by atoms with Crippen LogP contribution in [0.25, 0.3) is 0 Å². The van der Waals surface area contributed by atoms with E-state index in [1.54, 1.807) is 0 Å². The Morgan fingerprint density at radius 2 is 2.33 bits per heavy atom. The van der Waals surface area contributed by atoms with Crippen LogP contribution in [-0.4, -0.2) is 19.1 Å². The molecule has 0 bridgehead atoms. The van der Waals surface area contributed by atoms with Crippen LogP contribution in [0.4, 0.5) is 0 Å². The molecule has 0 fully saturated rings. The molecule has 0 rings (SSSR count). The second-order valence-corrected chi connectivity index (χ2v) is 1.25. The topological polar surface area (TPSA) is 35.2 Å². The number of hydrogen-bond donors (Lipinski definition) is 2. The molecule has 0 aromatic carbocycles. The van der Waals surface area contributed by atoms with Gasteiger partial charge in [0.25, 0.3) is 0 Å². The van der Waals surface area contributed by atoms with Crippen molar-refractivity contribution < 1.29 is 4.74 Å². The number of hydrogen-bond acceptors (Lipinski definition) is 3. The van der Waals surface area contributed by atoms with E-state index in [1.807, 2.05) is 0 Å². The molecule has 0 aromatic rings. The van der Waals surface area contributed by atoms with E-state index in [0.717, 1.165) is 5.75 Å². The Morgan fingerprint density at radius 1 is 1.67 bits per heavy atom. The fourth-order valence-electron chi connectivity index (χ4n) is 0.148. The van der Waals surface area contributed by atoms with Crippen molar-refractivity contribution in [1.29, 1.82) is 0 Å². The molecule has 2 nitrogen and oxygen atoms in total. The molecule has 0 aliphatic heterocycles. The largest absolute Gasteiger partial charge is 0.366 e. The Hall–Kier alpha value is 0.270. The highest BCUT2D eigenvalue weighted by molar-refractivity contribution is 7.80. The van der Waals surface area contributed by atoms with Crippen molar-refractivity contribution in [3.05, 3.63) is 0 Å². The molecule has 0 saturated heterocycles. The Bertz CT molecular complexity index is 22.8. The van der Waals surface area contributed by atoms with Gasteiger partial charge in [0.15, 0.2) is 0 Å². The van der Waals surface area contributed by atoms with Crippen LogP contribution in [0.2, 0.25) is 0 Å². The summed E-state index contributed by atoms with van der Waals surface area (Å²) in [5, 5.41) is 0. The molecular weight excluding hydrogens is 98.1 g/mol. The first kappa shape index (κ1) is 6.27. The fraction of sp³-hybridized carbons (Fsp3) is 1.00. The van der Waals surface area contributed by atoms with Crippen molar-refractivity contribution in [2.24, 2.45) is 5.73 Å². The Kier molecular flexibility index (Phi) is 5.51. The molecule has 3 heteroatoms. The van der Waals surface area contributed by atoms with Crippen LogP contribution < -0.4 is 5.73 Å². The van der Waals surface area contributed by atoms with Crippen LogP contribution in [-0.2, 0) is 4.74 Å². The SMILES string of the molecule is NCOCCS. The highest BCUT2D eigenvalue weighted by Gasteiger charge is 1.73. The summed E-state index contributed by atoms with van der Waals surface area (Å²) in [5.41, 5.74) is 4.96. The zero-order valence-electron chi connectivity index (χ0n) is 3.55. The van der Waals surface area contributed by atoms with Crippen molar-refractivity contribution in [1.82, 2.24) is 0 Å². The molecule has 0 aliphatic carbocycles. The summed E-state index contributed by atoms with van der Waals surface area (Å²) >= 11 is 3.87. The lowest BCUT2D eigenvalue weighted by Gasteiger charge is -1.91. The smallest absolute Gasteiger partial charge is 0.0940 e. The number of ether oxygens (including phenoxy) is 1. The Balaban J connectivity index is 2.34. The molecule has 0 heterocycles. The molecular formula is C3H9NOS. The summed E-state index contributed by atoms with van der Waals surface area (Å²) in [5.74, 6) is 0.747. The first-order chi connectivity index (χ1) is 2.91. The van der Waals surface area contributed by atoms with Crippen LogP contribution in [0.15, 0.2) is 0 Å². The first-order valence-electron chi connectivity index (χ1n) is 1.80. The van der Waals surface area contributed by atoms with Gasteiger partial charge in [-0.25, -0.2) is 0 Å². The van der Waals surface area contributed by atoms with Crippen LogP contribution >= 0.6 is 12.6 Å². The normalized spacial score (nSPS) is 9.00. The summed E-state index contributed by atoms with van der Waals surface area (Å²) in [6.07, 6.45) is 0. The fourth-order valence-corrected chi connectivity index (χ4v) is 0.277. The molecule has 0 spiro atoms. The number of nitrogens with two attached hydrogens (primary N) is 1. The predicted molar refractivity (Wildman–Crippen MR) is 28.9 cm³/mol. The monoisotopic (exact) mass is 107 g/mol. The molecule has 0 saturated carbocycles. The highest BCUT2D eigenvalue weighted by Crippen LogP contribution is 1.71. The number of thiol groups is 1. The third-order valence-corrected chi connectivity index (χ3v) is 0.536. The van der Waals surface area contributed by atoms with E-state index in [1.165, 1.54) is 0 Å². The van der Waals surface area contributed by atoms with Gasteiger partial charge in [-0.1, -0.05) is 0 Å². The highest BCUT2D eigenvalue weighted by atomic mass is 32.1. The van der Waals surface area contributed by atoms with E-state index in [-0.39, 0.29) is 0 Å². The Labute approximate surface area is 43.1 Å². The van der Waals surface area contributed by atoms with E-state index in [9.17, 15) is 0 Å². The second-order valence-electron chi connectivity index (χ2n) is 0.799. The maximum absolute atomic E-state index is 4.96. The van der Waals surface area contributed by atoms with E-state index < -0.39 is 0 Å². The lowest BCUT2D eigenvalue weighted by Crippen LogP contribution is -2.05. The van der Waals surface area contributed by atoms with Gasteiger partial charge in [0.1, 0.15) is 0 Å². The van der Waals surface area contributed by atoms with Crippen molar-refractivity contribution in [3.63, 3.8) is 0 Å². The van der Waals surface area contributed by atoms with Gasteiger partial charge in [-0.3, -0.25) is 0 Å². The van der Waals surface area contributed by atoms with E-state index in [4.69, 9.17) is 5.73 Å². The Morgan fingerprint density at radius 3 is 2.50 bits per heavy atom. The van der Waals surface area contributed by atoms with Crippen LogP contribution in [0.3, 0.4) is 0 Å². The van der Waals surface area contributed by atoms with Crippen LogP contribution in [0.5, 0.6) is 0 Å². The van der Waals surface area contributed by atoms with E-state index >= 15 is 0 Å². The molecule has 0 radical (unpaired) electrons. The summed E-state index contributed by atoms with van der Waals surface area (Å²) < 4.78 is 4.68. The van der Waals surface area contributed by atoms with Crippen molar-refractivity contribution in [2.75, 3.05) is 19.1 Å². The van der Waals surface area contributed by atoms with Gasteiger partial charge >= 0.3 is 0 Å². The zero-order chi connectivity index (χ0) is 4.83. The van der Waals surface area contributed by atoms with Crippen molar-refractivity contribution >= 4 is 12.6 Å². The average molecular weight is 107 g/mol. The maximum atomic E-state index is 4.96. The molecule has 0 atom stereocenters. The van der Waals surface area contributed by atoms with Gasteiger partial charge < -0.3 is 10.5 Å². The first-order valence-corrected chi connectivity index (χ1v) is 2.43. The average Bonchev–Trinajstić information content (AvgIpc) is 1.61. The minimum atomic E-state index is 0.306. The minimum Gasteiger partial charge on any atom is -0.366 e. The summed E-state index contributed by atoms with van der Waals surface area (Å²) in [4.78, 5) is 0. The standard InChI is InChI=1S/C3H9NOS/c4-3-5-1-2-6/h6H,1-4H2. The van der Waals surface area contributed by atoms with Gasteiger partial charge in [0.05, 0.1) is 13.3 Å². The van der Waals surface area contributed by atoms with Crippen LogP contribution in [0.1, 0.15) is 0 Å². The summed E-state index contributed by atoms with van der Waals surface area (Å²) in [7, 11) is 0. The molecule has 2 N–H and O–H groups in total. The molecule has 0 aliphatic rings. The third kappa shape index (κ3) is 4.27. The van der Waals surface area contributed by atoms with Crippen molar-refractivity contribution in [2.45, 2.75) is 0 Å². The van der Waals surface area contributed by atoms with E-state index in [0.29, 0.717) is 13.3 Å². The zero-order valence-corrected chi connectivity index (χ0v) is 4.45. The van der Waals surface area contributed by atoms with E-state index in [2.05, 4.69) is 17.4 Å². The maximum Gasteiger partial charge on any atom is 0.0940 e. The summed E-state index contributed by atoms with van der Waals surface area (Å²) in [6.45, 7) is 0.959. The number of rotatable bonds is 3. The predicted octanol–water partition coefficient (Wildman–Crippen LogP) is -0.151. The van der Waals surface area contributed by atoms with Gasteiger partial charge in [-0.2, -0.15) is 12.6 Å². The molecule has 38 valence electrons. The molecule has 0 amide bonds. The van der Waals surface area contributed by atoms with Gasteiger partial charge in [0.2, 0.25) is 0 Å².